The van der Waals surface area contributed by atoms with E-state index < -0.39 is 10.0 Å². The molecule has 0 saturated heterocycles. The van der Waals surface area contributed by atoms with Crippen LogP contribution in [0.3, 0.4) is 0 Å². The minimum atomic E-state index is -3.32. The minimum absolute atomic E-state index is 0.0279. The summed E-state index contributed by atoms with van der Waals surface area (Å²) in [6.07, 6.45) is 0.680. The molecule has 0 atom stereocenters. The van der Waals surface area contributed by atoms with E-state index >= 15 is 0 Å². The number of aryl methyl sites for hydroxylation is 2. The molecule has 1 N–H and O–H groups in total. The van der Waals surface area contributed by atoms with E-state index in [0.29, 0.717) is 13.0 Å². The van der Waals surface area contributed by atoms with Gasteiger partial charge < -0.3 is 4.90 Å². The third-order valence-corrected chi connectivity index (χ3v) is 5.37. The molecule has 0 aliphatic heterocycles. The van der Waals surface area contributed by atoms with Crippen LogP contribution in [0, 0.1) is 13.8 Å². The molecule has 2 aromatic rings. The highest BCUT2D eigenvalue weighted by Gasteiger charge is 2.13. The number of nitrogens with zero attached hydrogens (tertiary/aromatic N) is 1. The van der Waals surface area contributed by atoms with Gasteiger partial charge in [0.15, 0.2) is 0 Å². The van der Waals surface area contributed by atoms with Gasteiger partial charge in [-0.15, -0.1) is 0 Å². The fourth-order valence-electron chi connectivity index (χ4n) is 2.52. The number of hydrogen-bond donors (Lipinski definition) is 1. The summed E-state index contributed by atoms with van der Waals surface area (Å²) in [6.45, 7) is 4.32. The average molecular weight is 346 g/mol. The topological polar surface area (TPSA) is 49.4 Å². The standard InChI is InChI=1S/C19H26N2O2S/c1-15-5-6-16(2)18(13-15)14-24(22,23)20-12-11-17-7-9-19(10-8-17)21(3)4/h5-10,13,20H,11-12,14H2,1-4H3. The Morgan fingerprint density at radius 3 is 2.29 bits per heavy atom. The molecule has 0 heterocycles. The van der Waals surface area contributed by atoms with Gasteiger partial charge >= 0.3 is 0 Å². The zero-order valence-electron chi connectivity index (χ0n) is 14.8. The normalized spacial score (nSPS) is 11.5. The third-order valence-electron chi connectivity index (χ3n) is 4.04. The molecular formula is C19H26N2O2S. The molecule has 4 nitrogen and oxygen atoms in total. The van der Waals surface area contributed by atoms with Crippen LogP contribution in [0.2, 0.25) is 0 Å². The molecule has 0 aliphatic carbocycles. The van der Waals surface area contributed by atoms with Crippen molar-refractivity contribution in [3.63, 3.8) is 0 Å². The smallest absolute Gasteiger partial charge is 0.215 e. The van der Waals surface area contributed by atoms with Crippen molar-refractivity contribution in [3.05, 3.63) is 64.7 Å². The summed E-state index contributed by atoms with van der Waals surface area (Å²) in [5.74, 6) is 0.0279. The maximum Gasteiger partial charge on any atom is 0.215 e. The van der Waals surface area contributed by atoms with Crippen LogP contribution in [0.4, 0.5) is 5.69 Å². The number of nitrogens with one attached hydrogen (secondary N) is 1. The Bertz CT molecular complexity index is 782. The molecule has 130 valence electrons. The molecule has 0 amide bonds. The summed E-state index contributed by atoms with van der Waals surface area (Å²) >= 11 is 0. The first-order valence-corrected chi connectivity index (χ1v) is 9.72. The Hall–Kier alpha value is -1.85. The largest absolute Gasteiger partial charge is 0.378 e. The third kappa shape index (κ3) is 5.35. The predicted molar refractivity (Wildman–Crippen MR) is 101 cm³/mol. The summed E-state index contributed by atoms with van der Waals surface area (Å²) in [5.41, 5.74) is 5.19. The van der Waals surface area contributed by atoms with Crippen LogP contribution in [0.15, 0.2) is 42.5 Å². The SMILES string of the molecule is Cc1ccc(C)c(CS(=O)(=O)NCCc2ccc(N(C)C)cc2)c1. The van der Waals surface area contributed by atoms with Gasteiger partial charge in [-0.3, -0.25) is 0 Å². The van der Waals surface area contributed by atoms with Crippen molar-refractivity contribution >= 4 is 15.7 Å². The van der Waals surface area contributed by atoms with E-state index in [0.717, 1.165) is 27.9 Å². The molecule has 0 saturated carbocycles. The monoisotopic (exact) mass is 346 g/mol. The Morgan fingerprint density at radius 2 is 1.67 bits per heavy atom. The van der Waals surface area contributed by atoms with Gasteiger partial charge in [0.05, 0.1) is 5.75 Å². The van der Waals surface area contributed by atoms with Crippen molar-refractivity contribution in [3.8, 4) is 0 Å². The van der Waals surface area contributed by atoms with E-state index in [9.17, 15) is 8.42 Å². The Labute approximate surface area is 145 Å². The number of sulfonamides is 1. The number of benzene rings is 2. The summed E-state index contributed by atoms with van der Waals surface area (Å²) in [7, 11) is 0.669. The second-order valence-corrected chi connectivity index (χ2v) is 8.20. The van der Waals surface area contributed by atoms with Gasteiger partial charge in [-0.1, -0.05) is 35.9 Å². The molecule has 0 unspecified atom stereocenters. The molecule has 2 aromatic carbocycles. The van der Waals surface area contributed by atoms with Gasteiger partial charge in [0, 0.05) is 26.3 Å². The molecule has 0 radical (unpaired) electrons. The quantitative estimate of drug-likeness (QED) is 0.838. The zero-order chi connectivity index (χ0) is 17.7. The van der Waals surface area contributed by atoms with Crippen LogP contribution in [0.5, 0.6) is 0 Å². The van der Waals surface area contributed by atoms with Crippen LogP contribution in [0.1, 0.15) is 22.3 Å². The van der Waals surface area contributed by atoms with Crippen LogP contribution in [-0.2, 0) is 22.2 Å². The molecule has 0 aromatic heterocycles. The van der Waals surface area contributed by atoms with E-state index in [4.69, 9.17) is 0 Å². The second kappa shape index (κ2) is 7.81. The van der Waals surface area contributed by atoms with Gasteiger partial charge in [-0.25, -0.2) is 13.1 Å². The van der Waals surface area contributed by atoms with Crippen molar-refractivity contribution < 1.29 is 8.42 Å². The molecular weight excluding hydrogens is 320 g/mol. The average Bonchev–Trinajstić information content (AvgIpc) is 2.51. The van der Waals surface area contributed by atoms with E-state index in [1.54, 1.807) is 0 Å². The van der Waals surface area contributed by atoms with Gasteiger partial charge in [-0.2, -0.15) is 0 Å². The van der Waals surface area contributed by atoms with Gasteiger partial charge in [0.1, 0.15) is 0 Å². The first kappa shape index (κ1) is 18.5. The van der Waals surface area contributed by atoms with Crippen molar-refractivity contribution in [2.24, 2.45) is 0 Å². The molecule has 24 heavy (non-hydrogen) atoms. The first-order valence-electron chi connectivity index (χ1n) is 8.06. The van der Waals surface area contributed by atoms with Crippen molar-refractivity contribution in [1.82, 2.24) is 4.72 Å². The lowest BCUT2D eigenvalue weighted by Crippen LogP contribution is -2.27. The lowest BCUT2D eigenvalue weighted by Gasteiger charge is -2.13. The van der Waals surface area contributed by atoms with Crippen LogP contribution >= 0.6 is 0 Å². The molecule has 0 aliphatic rings. The zero-order valence-corrected chi connectivity index (χ0v) is 15.7. The maximum absolute atomic E-state index is 12.3. The summed E-state index contributed by atoms with van der Waals surface area (Å²) in [4.78, 5) is 2.04. The Morgan fingerprint density at radius 1 is 1.00 bits per heavy atom. The molecule has 0 bridgehead atoms. The van der Waals surface area contributed by atoms with E-state index in [1.165, 1.54) is 0 Å². The maximum atomic E-state index is 12.3. The van der Waals surface area contributed by atoms with Gasteiger partial charge in [-0.05, 0) is 49.1 Å². The fraction of sp³-hybridized carbons (Fsp3) is 0.368. The Balaban J connectivity index is 1.91. The van der Waals surface area contributed by atoms with Gasteiger partial charge in [0.25, 0.3) is 0 Å². The van der Waals surface area contributed by atoms with E-state index in [-0.39, 0.29) is 5.75 Å². The fourth-order valence-corrected chi connectivity index (χ4v) is 3.76. The number of anilines is 1. The minimum Gasteiger partial charge on any atom is -0.378 e. The highest BCUT2D eigenvalue weighted by Crippen LogP contribution is 2.14. The summed E-state index contributed by atoms with van der Waals surface area (Å²) in [5, 5.41) is 0. The first-order chi connectivity index (χ1) is 11.3. The molecule has 0 fully saturated rings. The highest BCUT2D eigenvalue weighted by atomic mass is 32.2. The van der Waals surface area contributed by atoms with Gasteiger partial charge in [0.2, 0.25) is 10.0 Å². The van der Waals surface area contributed by atoms with Crippen molar-refractivity contribution in [1.29, 1.82) is 0 Å². The van der Waals surface area contributed by atoms with Crippen molar-refractivity contribution in [2.45, 2.75) is 26.0 Å². The van der Waals surface area contributed by atoms with E-state index in [1.807, 2.05) is 75.3 Å². The van der Waals surface area contributed by atoms with Crippen LogP contribution < -0.4 is 9.62 Å². The lowest BCUT2D eigenvalue weighted by molar-refractivity contribution is 0.580. The van der Waals surface area contributed by atoms with Crippen LogP contribution in [0.25, 0.3) is 0 Å². The summed E-state index contributed by atoms with van der Waals surface area (Å²) < 4.78 is 27.3. The van der Waals surface area contributed by atoms with Crippen LogP contribution in [-0.4, -0.2) is 29.1 Å². The Kier molecular flexibility index (Phi) is 6.02. The lowest BCUT2D eigenvalue weighted by atomic mass is 10.1. The predicted octanol–water partition coefficient (Wildman–Crippen LogP) is 3.03. The molecule has 5 heteroatoms. The second-order valence-electron chi connectivity index (χ2n) is 6.39. The summed E-state index contributed by atoms with van der Waals surface area (Å²) in [6, 6.07) is 14.1. The van der Waals surface area contributed by atoms with Crippen molar-refractivity contribution in [2.75, 3.05) is 25.5 Å². The van der Waals surface area contributed by atoms with E-state index in [2.05, 4.69) is 4.72 Å². The molecule has 0 spiro atoms. The molecule has 2 rings (SSSR count). The number of hydrogen-bond acceptors (Lipinski definition) is 3. The highest BCUT2D eigenvalue weighted by molar-refractivity contribution is 7.88. The number of rotatable bonds is 7.